The molecular formula is C51H80BN7O9. The lowest BCUT2D eigenvalue weighted by Gasteiger charge is -2.20. The van der Waals surface area contributed by atoms with Gasteiger partial charge in [0.05, 0.1) is 19.9 Å². The van der Waals surface area contributed by atoms with E-state index in [1.807, 2.05) is 0 Å². The number of ketones is 3. The fraction of sp³-hybridized carbons (Fsp3) is 0.706. The highest BCUT2D eigenvalue weighted by Crippen LogP contribution is 2.24. The molecule has 2 rings (SSSR count). The van der Waals surface area contributed by atoms with E-state index in [2.05, 4.69) is 20.8 Å². The predicted octanol–water partition coefficient (Wildman–Crippen LogP) is 6.00. The van der Waals surface area contributed by atoms with Gasteiger partial charge >= 0.3 is 6.17 Å². The van der Waals surface area contributed by atoms with E-state index in [9.17, 15) is 43.5 Å². The zero-order valence-corrected chi connectivity index (χ0v) is 40.7. The second kappa shape index (κ2) is 35.1. The largest absolute Gasteiger partial charge is 0.508 e. The van der Waals surface area contributed by atoms with Crippen LogP contribution in [0.3, 0.4) is 0 Å². The smallest absolute Gasteiger partial charge is 0.300 e. The molecule has 5 atom stereocenters. The number of primary amides is 1. The fourth-order valence-corrected chi connectivity index (χ4v) is 8.36. The van der Waals surface area contributed by atoms with Crippen LogP contribution in [0, 0.1) is 12.5 Å². The van der Waals surface area contributed by atoms with Crippen molar-refractivity contribution in [2.45, 2.75) is 204 Å². The zero-order chi connectivity index (χ0) is 50.1. The Morgan fingerprint density at radius 1 is 0.750 bits per heavy atom. The van der Waals surface area contributed by atoms with Crippen LogP contribution in [-0.4, -0.2) is 103 Å². The molecule has 0 saturated carbocycles. The highest BCUT2D eigenvalue weighted by atomic mass is 16.3. The second-order valence-electron chi connectivity index (χ2n) is 18.5. The number of carbonyl (C=O) groups is 8. The van der Waals surface area contributed by atoms with Crippen LogP contribution in [0.1, 0.15) is 179 Å². The maximum absolute atomic E-state index is 12.9. The summed E-state index contributed by atoms with van der Waals surface area (Å²) in [5.74, 6) is -4.58. The van der Waals surface area contributed by atoms with Crippen LogP contribution in [0.25, 0.3) is 4.85 Å². The van der Waals surface area contributed by atoms with Gasteiger partial charge in [-0.2, -0.15) is 0 Å². The van der Waals surface area contributed by atoms with Gasteiger partial charge in [0.15, 0.2) is 5.78 Å². The number of phenols is 1. The first-order valence-electron chi connectivity index (χ1n) is 25.3. The molecule has 0 unspecified atom stereocenters. The molecular weight excluding hydrogens is 865 g/mol. The second-order valence-corrected chi connectivity index (χ2v) is 18.5. The summed E-state index contributed by atoms with van der Waals surface area (Å²) in [4.78, 5) is 104. The first-order chi connectivity index (χ1) is 32.6. The molecule has 1 aromatic carbocycles. The van der Waals surface area contributed by atoms with Crippen molar-refractivity contribution in [3.63, 3.8) is 0 Å². The molecule has 68 heavy (non-hydrogen) atoms. The standard InChI is InChI=1S/C51H80BN7O9/c1-37(58-50(67)43(53)35-38-26-28-41(61)29-27-38)44(62)36-39(48(65)49(54)66)21-17-19-33-56-46(63)25-16-12-8-4-3-6-10-14-22-40(60)23-15-11-7-5-9-13-18-32-57-47(64)31-30-42(52)51(68)59-34-20-24-45(59)55-2/h26-29,37,39,42-43,45,61H,3-25,30-36,53H2,1H3,(H2,54,66)(H,56,63)(H,57,64)(H,58,67)/t37-,39-,42+,43+,45+/m1/s1. The molecule has 0 aromatic heterocycles. The van der Waals surface area contributed by atoms with Crippen molar-refractivity contribution in [2.24, 2.45) is 17.4 Å². The van der Waals surface area contributed by atoms with Crippen molar-refractivity contribution in [1.82, 2.24) is 20.9 Å². The first kappa shape index (κ1) is 59.0. The minimum absolute atomic E-state index is 0.0424. The maximum Gasteiger partial charge on any atom is 0.300 e. The number of aromatic hydroxyl groups is 1. The highest BCUT2D eigenvalue weighted by molar-refractivity contribution is 6.36. The van der Waals surface area contributed by atoms with Crippen molar-refractivity contribution in [1.29, 1.82) is 0 Å². The summed E-state index contributed by atoms with van der Waals surface area (Å²) in [6, 6.07) is 4.38. The number of hydrogen-bond donors (Lipinski definition) is 6. The number of nitrogens with zero attached hydrogens (tertiary/aromatic N) is 2. The fourth-order valence-electron chi connectivity index (χ4n) is 8.36. The number of benzene rings is 1. The van der Waals surface area contributed by atoms with Gasteiger partial charge in [-0.25, -0.2) is 6.57 Å². The van der Waals surface area contributed by atoms with E-state index in [0.29, 0.717) is 63.9 Å². The van der Waals surface area contributed by atoms with Crippen molar-refractivity contribution < 1.29 is 43.5 Å². The number of nitrogens with one attached hydrogen (secondary N) is 3. The molecule has 1 aliphatic heterocycles. The van der Waals surface area contributed by atoms with Gasteiger partial charge in [0, 0.05) is 69.9 Å². The summed E-state index contributed by atoms with van der Waals surface area (Å²) in [6.45, 7) is 10.3. The van der Waals surface area contributed by atoms with Crippen LogP contribution >= 0.6 is 0 Å². The van der Waals surface area contributed by atoms with Crippen LogP contribution in [0.2, 0.25) is 5.82 Å². The van der Waals surface area contributed by atoms with E-state index in [4.69, 9.17) is 25.9 Å². The third-order valence-electron chi connectivity index (χ3n) is 12.7. The number of nitrogens with two attached hydrogens (primary N) is 2. The Morgan fingerprint density at radius 3 is 1.82 bits per heavy atom. The minimum Gasteiger partial charge on any atom is -0.508 e. The van der Waals surface area contributed by atoms with E-state index in [1.54, 1.807) is 17.0 Å². The number of carbonyl (C=O) groups excluding carboxylic acids is 8. The maximum atomic E-state index is 12.9. The lowest BCUT2D eigenvalue weighted by atomic mass is 9.82. The summed E-state index contributed by atoms with van der Waals surface area (Å²) in [5.41, 5.74) is 12.0. The van der Waals surface area contributed by atoms with Crippen LogP contribution < -0.4 is 27.4 Å². The molecule has 1 fully saturated rings. The van der Waals surface area contributed by atoms with Gasteiger partial charge in [-0.15, -0.1) is 0 Å². The van der Waals surface area contributed by atoms with E-state index in [-0.39, 0.29) is 55.6 Å². The highest BCUT2D eigenvalue weighted by Gasteiger charge is 2.35. The van der Waals surface area contributed by atoms with Gasteiger partial charge < -0.3 is 32.5 Å². The van der Waals surface area contributed by atoms with E-state index >= 15 is 0 Å². The SMILES string of the molecule is [B][C@@H](CCC(=O)NCCCCCCCCCC(=O)CCCCCCCCCCC(=O)NCCCC[C@H](CC(=O)[C@@H](C)NC(=O)[C@@H](N)Cc1ccc(O)cc1)C(=O)C(N)=O)C(=O)N1CCC[C@H]1[N+]#[C-]. The number of rotatable bonds is 39. The summed E-state index contributed by atoms with van der Waals surface area (Å²) in [6.07, 6.45) is 19.8. The summed E-state index contributed by atoms with van der Waals surface area (Å²) < 4.78 is 0. The average Bonchev–Trinajstić information content (AvgIpc) is 3.80. The van der Waals surface area contributed by atoms with Crippen LogP contribution in [-0.2, 0) is 44.8 Å². The Kier molecular flexibility index (Phi) is 30.4. The number of hydrogen-bond acceptors (Lipinski definition) is 10. The molecule has 8 N–H and O–H groups in total. The lowest BCUT2D eigenvalue weighted by Crippen LogP contribution is -2.48. The number of phenolic OH excluding ortho intramolecular Hbond substituents is 1. The third-order valence-corrected chi connectivity index (χ3v) is 12.7. The van der Waals surface area contributed by atoms with E-state index in [1.165, 1.54) is 19.1 Å². The Hall–Kier alpha value is -5.11. The third kappa shape index (κ3) is 25.9. The van der Waals surface area contributed by atoms with Crippen LogP contribution in [0.4, 0.5) is 0 Å². The molecule has 0 aliphatic carbocycles. The molecule has 1 saturated heterocycles. The molecule has 17 heteroatoms. The summed E-state index contributed by atoms with van der Waals surface area (Å²) >= 11 is 0. The van der Waals surface area contributed by atoms with Crippen LogP contribution in [0.5, 0.6) is 5.75 Å². The zero-order valence-electron chi connectivity index (χ0n) is 40.7. The summed E-state index contributed by atoms with van der Waals surface area (Å²) in [5, 5.41) is 17.8. The lowest BCUT2D eigenvalue weighted by molar-refractivity contribution is -0.140. The van der Waals surface area contributed by atoms with Crippen LogP contribution in [0.15, 0.2) is 24.3 Å². The van der Waals surface area contributed by atoms with E-state index in [0.717, 1.165) is 108 Å². The molecule has 0 bridgehead atoms. The van der Waals surface area contributed by atoms with Gasteiger partial charge in [-0.3, -0.25) is 48.1 Å². The molecule has 1 aliphatic rings. The first-order valence-corrected chi connectivity index (χ1v) is 25.3. The van der Waals surface area contributed by atoms with Crippen molar-refractivity contribution in [2.75, 3.05) is 19.6 Å². The van der Waals surface area contributed by atoms with Gasteiger partial charge in [0.2, 0.25) is 29.4 Å². The molecule has 376 valence electrons. The van der Waals surface area contributed by atoms with Crippen molar-refractivity contribution in [3.8, 4) is 5.75 Å². The van der Waals surface area contributed by atoms with E-state index < -0.39 is 53.4 Å². The molecule has 5 amide bonds. The quantitative estimate of drug-likeness (QED) is 0.0194. The van der Waals surface area contributed by atoms with Gasteiger partial charge in [0.1, 0.15) is 11.5 Å². The van der Waals surface area contributed by atoms with Gasteiger partial charge in [-0.1, -0.05) is 89.2 Å². The van der Waals surface area contributed by atoms with Crippen molar-refractivity contribution >= 4 is 54.7 Å². The molecule has 1 heterocycles. The Labute approximate surface area is 406 Å². The molecule has 2 radical (unpaired) electrons. The normalized spacial score (nSPS) is 15.1. The number of unbranched alkanes of at least 4 members (excludes halogenated alkanes) is 14. The monoisotopic (exact) mass is 946 g/mol. The number of Topliss-reactive ketones (excluding diaryl/α,β-unsaturated/α-hetero) is 3. The number of amides is 5. The van der Waals surface area contributed by atoms with Gasteiger partial charge in [0.25, 0.3) is 5.91 Å². The van der Waals surface area contributed by atoms with Gasteiger partial charge in [-0.05, 0) is 82.4 Å². The Morgan fingerprint density at radius 2 is 1.26 bits per heavy atom. The topological polar surface area (TPSA) is 253 Å². The minimum atomic E-state index is -1.13. The Bertz CT molecular complexity index is 1770. The molecule has 1 aromatic rings. The Balaban J connectivity index is 1.39. The number of likely N-dealkylation sites (tertiary alicyclic amines) is 1. The molecule has 0 spiro atoms. The molecule has 16 nitrogen and oxygen atoms in total. The van der Waals surface area contributed by atoms with Crippen molar-refractivity contribution in [3.05, 3.63) is 41.2 Å². The predicted molar refractivity (Wildman–Crippen MR) is 263 cm³/mol. The average molecular weight is 946 g/mol. The summed E-state index contributed by atoms with van der Waals surface area (Å²) in [7, 11) is 6.01.